The van der Waals surface area contributed by atoms with E-state index in [4.69, 9.17) is 4.74 Å². The molecule has 0 amide bonds. The van der Waals surface area contributed by atoms with Crippen molar-refractivity contribution in [2.45, 2.75) is 26.1 Å². The van der Waals surface area contributed by atoms with Crippen molar-refractivity contribution in [2.75, 3.05) is 25.2 Å². The summed E-state index contributed by atoms with van der Waals surface area (Å²) in [7, 11) is 1.50. The highest BCUT2D eigenvalue weighted by molar-refractivity contribution is 5.94. The van der Waals surface area contributed by atoms with Crippen LogP contribution in [0.2, 0.25) is 0 Å². The third-order valence-corrected chi connectivity index (χ3v) is 3.02. The summed E-state index contributed by atoms with van der Waals surface area (Å²) in [5.74, 6) is -1.39. The van der Waals surface area contributed by atoms with Crippen LogP contribution in [-0.2, 0) is 10.9 Å². The van der Waals surface area contributed by atoms with Crippen LogP contribution < -0.4 is 4.90 Å². The molecule has 0 aliphatic rings. The van der Waals surface area contributed by atoms with E-state index in [0.717, 1.165) is 6.07 Å². The summed E-state index contributed by atoms with van der Waals surface area (Å²) in [6, 6.07) is 2.68. The standard InChI is InChI=1S/C14H18F3NO3/c1-9(2)18(6-7-21-3)12-5-4-10(14(15,16)17)8-11(12)13(19)20/h4-5,8-9H,6-7H2,1-3H3,(H,19,20). The number of rotatable bonds is 6. The van der Waals surface area contributed by atoms with E-state index < -0.39 is 17.7 Å². The lowest BCUT2D eigenvalue weighted by atomic mass is 10.1. The van der Waals surface area contributed by atoms with E-state index in [-0.39, 0.29) is 17.3 Å². The van der Waals surface area contributed by atoms with E-state index in [9.17, 15) is 23.1 Å². The number of anilines is 1. The molecule has 0 unspecified atom stereocenters. The highest BCUT2D eigenvalue weighted by Gasteiger charge is 2.32. The first-order chi connectivity index (χ1) is 9.68. The van der Waals surface area contributed by atoms with E-state index >= 15 is 0 Å². The predicted octanol–water partition coefficient (Wildman–Crippen LogP) is 3.26. The second-order valence-electron chi connectivity index (χ2n) is 4.81. The summed E-state index contributed by atoms with van der Waals surface area (Å²) in [5, 5.41) is 9.19. The zero-order chi connectivity index (χ0) is 16.2. The van der Waals surface area contributed by atoms with Gasteiger partial charge in [-0.2, -0.15) is 13.2 Å². The minimum atomic E-state index is -4.57. The van der Waals surface area contributed by atoms with Gasteiger partial charge in [-0.3, -0.25) is 0 Å². The molecule has 1 aromatic carbocycles. The molecule has 0 bridgehead atoms. The van der Waals surface area contributed by atoms with E-state index in [0.29, 0.717) is 19.2 Å². The molecule has 1 N–H and O–H groups in total. The zero-order valence-corrected chi connectivity index (χ0v) is 12.1. The SMILES string of the molecule is COCCN(c1ccc(C(F)(F)F)cc1C(=O)O)C(C)C. The van der Waals surface area contributed by atoms with Gasteiger partial charge < -0.3 is 14.7 Å². The topological polar surface area (TPSA) is 49.8 Å². The number of carboxylic acids is 1. The van der Waals surface area contributed by atoms with Crippen LogP contribution in [0.25, 0.3) is 0 Å². The smallest absolute Gasteiger partial charge is 0.416 e. The van der Waals surface area contributed by atoms with Gasteiger partial charge >= 0.3 is 12.1 Å². The molecule has 21 heavy (non-hydrogen) atoms. The molecule has 0 aliphatic heterocycles. The Labute approximate surface area is 121 Å². The van der Waals surface area contributed by atoms with Gasteiger partial charge in [0.2, 0.25) is 0 Å². The third-order valence-electron chi connectivity index (χ3n) is 3.02. The van der Waals surface area contributed by atoms with Gasteiger partial charge in [-0.1, -0.05) is 0 Å². The molecular formula is C14H18F3NO3. The van der Waals surface area contributed by atoms with Crippen molar-refractivity contribution < 1.29 is 27.8 Å². The lowest BCUT2D eigenvalue weighted by Crippen LogP contribution is -2.35. The van der Waals surface area contributed by atoms with E-state index in [1.165, 1.54) is 13.2 Å². The molecule has 0 atom stereocenters. The van der Waals surface area contributed by atoms with Crippen LogP contribution in [0.1, 0.15) is 29.8 Å². The molecular weight excluding hydrogens is 287 g/mol. The van der Waals surface area contributed by atoms with E-state index in [1.807, 2.05) is 13.8 Å². The Kier molecular flexibility index (Phi) is 5.60. The number of methoxy groups -OCH3 is 1. The molecule has 1 rings (SSSR count). The van der Waals surface area contributed by atoms with Crippen LogP contribution in [0.15, 0.2) is 18.2 Å². The fraction of sp³-hybridized carbons (Fsp3) is 0.500. The van der Waals surface area contributed by atoms with E-state index in [1.54, 1.807) is 4.90 Å². The summed E-state index contributed by atoms with van der Waals surface area (Å²) >= 11 is 0. The molecule has 0 aliphatic carbocycles. The van der Waals surface area contributed by atoms with Gasteiger partial charge in [-0.25, -0.2) is 4.79 Å². The number of hydrogen-bond acceptors (Lipinski definition) is 3. The fourth-order valence-electron chi connectivity index (χ4n) is 1.98. The van der Waals surface area contributed by atoms with Crippen LogP contribution in [-0.4, -0.2) is 37.4 Å². The molecule has 0 radical (unpaired) electrons. The Morgan fingerprint density at radius 1 is 1.38 bits per heavy atom. The maximum absolute atomic E-state index is 12.7. The molecule has 7 heteroatoms. The Bertz CT molecular complexity index is 501. The minimum absolute atomic E-state index is 0.0741. The number of halogens is 3. The van der Waals surface area contributed by atoms with Crippen molar-refractivity contribution >= 4 is 11.7 Å². The van der Waals surface area contributed by atoms with Crippen LogP contribution in [0.3, 0.4) is 0 Å². The van der Waals surface area contributed by atoms with Crippen LogP contribution in [0.5, 0.6) is 0 Å². The Morgan fingerprint density at radius 2 is 2.00 bits per heavy atom. The first kappa shape index (κ1) is 17.3. The van der Waals surface area contributed by atoms with Gasteiger partial charge in [0.25, 0.3) is 0 Å². The number of aromatic carboxylic acids is 1. The number of nitrogens with zero attached hydrogens (tertiary/aromatic N) is 1. The molecule has 1 aromatic rings. The quantitative estimate of drug-likeness (QED) is 0.876. The molecule has 0 fully saturated rings. The van der Waals surface area contributed by atoms with Crippen molar-refractivity contribution in [3.05, 3.63) is 29.3 Å². The predicted molar refractivity (Wildman–Crippen MR) is 72.8 cm³/mol. The average Bonchev–Trinajstić information content (AvgIpc) is 2.37. The molecule has 118 valence electrons. The number of benzene rings is 1. The summed E-state index contributed by atoms with van der Waals surface area (Å²) < 4.78 is 43.0. The van der Waals surface area contributed by atoms with Gasteiger partial charge in [0, 0.05) is 19.7 Å². The fourth-order valence-corrected chi connectivity index (χ4v) is 1.98. The largest absolute Gasteiger partial charge is 0.478 e. The monoisotopic (exact) mass is 305 g/mol. The number of ether oxygens (including phenoxy) is 1. The van der Waals surface area contributed by atoms with Crippen molar-refractivity contribution in [3.8, 4) is 0 Å². The summed E-state index contributed by atoms with van der Waals surface area (Å²) in [4.78, 5) is 13.0. The highest BCUT2D eigenvalue weighted by atomic mass is 19.4. The van der Waals surface area contributed by atoms with Crippen molar-refractivity contribution in [3.63, 3.8) is 0 Å². The highest BCUT2D eigenvalue weighted by Crippen LogP contribution is 2.33. The number of carboxylic acid groups (broad SMARTS) is 1. The second-order valence-corrected chi connectivity index (χ2v) is 4.81. The van der Waals surface area contributed by atoms with Crippen LogP contribution in [0, 0.1) is 0 Å². The number of carbonyl (C=O) groups is 1. The van der Waals surface area contributed by atoms with Gasteiger partial charge in [0.15, 0.2) is 0 Å². The third kappa shape index (κ3) is 4.35. The van der Waals surface area contributed by atoms with Gasteiger partial charge in [-0.05, 0) is 32.0 Å². The second kappa shape index (κ2) is 6.80. The summed E-state index contributed by atoms with van der Waals surface area (Å²) in [6.45, 7) is 4.40. The molecule has 0 saturated carbocycles. The van der Waals surface area contributed by atoms with Crippen LogP contribution >= 0.6 is 0 Å². The van der Waals surface area contributed by atoms with Crippen LogP contribution in [0.4, 0.5) is 18.9 Å². The Balaban J connectivity index is 3.30. The van der Waals surface area contributed by atoms with Crippen molar-refractivity contribution in [1.29, 1.82) is 0 Å². The Hall–Kier alpha value is -1.76. The molecule has 0 aromatic heterocycles. The number of alkyl halides is 3. The maximum atomic E-state index is 12.7. The Morgan fingerprint density at radius 3 is 2.43 bits per heavy atom. The summed E-state index contributed by atoms with van der Waals surface area (Å²) in [5.41, 5.74) is -1.09. The van der Waals surface area contributed by atoms with Crippen molar-refractivity contribution in [2.24, 2.45) is 0 Å². The normalized spacial score (nSPS) is 11.8. The lowest BCUT2D eigenvalue weighted by Gasteiger charge is -2.30. The maximum Gasteiger partial charge on any atom is 0.416 e. The minimum Gasteiger partial charge on any atom is -0.478 e. The molecule has 0 saturated heterocycles. The first-order valence-electron chi connectivity index (χ1n) is 6.38. The van der Waals surface area contributed by atoms with Gasteiger partial charge in [-0.15, -0.1) is 0 Å². The van der Waals surface area contributed by atoms with Gasteiger partial charge in [0.05, 0.1) is 23.4 Å². The van der Waals surface area contributed by atoms with Gasteiger partial charge in [0.1, 0.15) is 0 Å². The lowest BCUT2D eigenvalue weighted by molar-refractivity contribution is -0.137. The van der Waals surface area contributed by atoms with Crippen molar-refractivity contribution in [1.82, 2.24) is 0 Å². The number of hydrogen-bond donors (Lipinski definition) is 1. The first-order valence-corrected chi connectivity index (χ1v) is 6.38. The average molecular weight is 305 g/mol. The molecule has 0 heterocycles. The molecule has 4 nitrogen and oxygen atoms in total. The molecule has 0 spiro atoms. The summed E-state index contributed by atoms with van der Waals surface area (Å²) in [6.07, 6.45) is -4.57. The zero-order valence-electron chi connectivity index (χ0n) is 12.1. The van der Waals surface area contributed by atoms with E-state index in [2.05, 4.69) is 0 Å².